The van der Waals surface area contributed by atoms with Crippen LogP contribution in [0.4, 0.5) is 0 Å². The molecule has 0 aromatic heterocycles. The van der Waals surface area contributed by atoms with E-state index in [0.29, 0.717) is 6.10 Å². The Hall–Kier alpha value is 0.680. The summed E-state index contributed by atoms with van der Waals surface area (Å²) in [5.41, 5.74) is 0. The summed E-state index contributed by atoms with van der Waals surface area (Å²) in [5.74, 6) is 0. The topological polar surface area (TPSA) is 12.5 Å². The molecule has 1 fully saturated rings. The third-order valence-corrected chi connectivity index (χ3v) is 8.93. The Morgan fingerprint density at radius 3 is 1.56 bits per heavy atom. The molecular weight excluding hydrogens is 263 g/mol. The molecule has 0 N–H and O–H groups in total. The van der Waals surface area contributed by atoms with Gasteiger partial charge >= 0.3 is 0 Å². The summed E-state index contributed by atoms with van der Waals surface area (Å²) in [4.78, 5) is 0. The number of rotatable bonds is 11. The van der Waals surface area contributed by atoms with Crippen molar-refractivity contribution in [1.29, 1.82) is 0 Å². The molecule has 0 aromatic carbocycles. The summed E-state index contributed by atoms with van der Waals surface area (Å²) in [6, 6.07) is 0. The zero-order valence-corrected chi connectivity index (χ0v) is 14.2. The van der Waals surface area contributed by atoms with Crippen LogP contribution >= 0.6 is 7.26 Å². The van der Waals surface area contributed by atoms with Crippen molar-refractivity contribution in [3.05, 3.63) is 0 Å². The van der Waals surface area contributed by atoms with Crippen LogP contribution in [0.25, 0.3) is 0 Å². The molecule has 1 atom stereocenters. The largest absolute Gasteiger partial charge is 1.00 e. The molecule has 18 heavy (non-hydrogen) atoms. The van der Waals surface area contributed by atoms with Crippen LogP contribution in [-0.4, -0.2) is 37.4 Å². The molecule has 1 unspecified atom stereocenters. The predicted octanol–water partition coefficient (Wildman–Crippen LogP) is 1.81. The van der Waals surface area contributed by atoms with Crippen LogP contribution < -0.4 is 12.4 Å². The van der Waals surface area contributed by atoms with Crippen molar-refractivity contribution in [2.24, 2.45) is 0 Å². The van der Waals surface area contributed by atoms with Crippen LogP contribution in [0.2, 0.25) is 0 Å². The van der Waals surface area contributed by atoms with Crippen LogP contribution in [0.3, 0.4) is 0 Å². The van der Waals surface area contributed by atoms with Gasteiger partial charge in [-0.2, -0.15) is 0 Å². The third-order valence-electron chi connectivity index (χ3n) is 3.95. The van der Waals surface area contributed by atoms with E-state index in [1.807, 2.05) is 0 Å². The number of halogens is 1. The first kappa shape index (κ1) is 18.7. The third kappa shape index (κ3) is 7.31. The Morgan fingerprint density at radius 2 is 1.28 bits per heavy atom. The molecule has 1 rings (SSSR count). The van der Waals surface area contributed by atoms with E-state index < -0.39 is 7.26 Å². The van der Waals surface area contributed by atoms with Gasteiger partial charge in [0.1, 0.15) is 6.10 Å². The molecule has 0 amide bonds. The maximum absolute atomic E-state index is 5.53. The number of epoxide rings is 1. The van der Waals surface area contributed by atoms with Gasteiger partial charge in [0.25, 0.3) is 0 Å². The summed E-state index contributed by atoms with van der Waals surface area (Å²) in [5, 5.41) is 0. The Morgan fingerprint density at radius 1 is 0.889 bits per heavy atom. The average Bonchev–Trinajstić information content (AvgIpc) is 3.15. The second-order valence-electron chi connectivity index (χ2n) is 5.71. The number of hydrogen-bond donors (Lipinski definition) is 0. The molecule has 1 aliphatic rings. The second kappa shape index (κ2) is 10.5. The fraction of sp³-hybridized carbons (Fsp3) is 1.00. The van der Waals surface area contributed by atoms with E-state index >= 15 is 0 Å². The summed E-state index contributed by atoms with van der Waals surface area (Å²) in [6.45, 7) is 8.07. The van der Waals surface area contributed by atoms with E-state index in [9.17, 15) is 0 Å². The fourth-order valence-electron chi connectivity index (χ4n) is 2.70. The van der Waals surface area contributed by atoms with Crippen molar-refractivity contribution in [2.45, 2.75) is 65.4 Å². The maximum Gasteiger partial charge on any atom is 0.114 e. The zero-order valence-electron chi connectivity index (χ0n) is 12.6. The normalized spacial score (nSPS) is 18.5. The minimum absolute atomic E-state index is 0. The monoisotopic (exact) mass is 294 g/mol. The van der Waals surface area contributed by atoms with E-state index in [4.69, 9.17) is 4.74 Å². The van der Waals surface area contributed by atoms with Crippen molar-refractivity contribution in [3.8, 4) is 0 Å². The van der Waals surface area contributed by atoms with Crippen molar-refractivity contribution in [3.63, 3.8) is 0 Å². The Kier molecular flexibility index (Phi) is 10.9. The van der Waals surface area contributed by atoms with E-state index in [1.165, 1.54) is 44.7 Å². The highest BCUT2D eigenvalue weighted by Crippen LogP contribution is 2.62. The molecule has 1 saturated heterocycles. The minimum atomic E-state index is -0.664. The summed E-state index contributed by atoms with van der Waals surface area (Å²) < 4.78 is 5.53. The standard InChI is InChI=1S/C15H32OP.ClH/c1-4-7-10-17(11-8-5-2,12-9-6-3)14-15-13-16-15;/h15H,4-14H2,1-3H3;1H/q+1;/p-1. The zero-order chi connectivity index (χ0) is 12.6. The molecule has 0 aromatic rings. The lowest BCUT2D eigenvalue weighted by Gasteiger charge is -2.27. The highest BCUT2D eigenvalue weighted by Gasteiger charge is 2.42. The predicted molar refractivity (Wildman–Crippen MR) is 80.9 cm³/mol. The van der Waals surface area contributed by atoms with Gasteiger partial charge in [0.2, 0.25) is 0 Å². The molecule has 110 valence electrons. The lowest BCUT2D eigenvalue weighted by atomic mass is 10.4. The second-order valence-corrected chi connectivity index (χ2v) is 10.1. The Balaban J connectivity index is 0.00000289. The summed E-state index contributed by atoms with van der Waals surface area (Å²) >= 11 is 0. The molecular formula is C15H32ClOP. The van der Waals surface area contributed by atoms with Crippen molar-refractivity contribution in [1.82, 2.24) is 0 Å². The molecule has 0 spiro atoms. The molecule has 1 aliphatic heterocycles. The van der Waals surface area contributed by atoms with Gasteiger partial charge < -0.3 is 17.1 Å². The van der Waals surface area contributed by atoms with Crippen molar-refractivity contribution >= 4 is 7.26 Å². The van der Waals surface area contributed by atoms with Gasteiger partial charge in [-0.3, -0.25) is 0 Å². The van der Waals surface area contributed by atoms with Crippen LogP contribution in [0.1, 0.15) is 59.3 Å². The molecule has 3 heteroatoms. The van der Waals surface area contributed by atoms with Gasteiger partial charge in [0, 0.05) is 7.26 Å². The summed E-state index contributed by atoms with van der Waals surface area (Å²) in [6.07, 6.45) is 15.2. The van der Waals surface area contributed by atoms with E-state index in [-0.39, 0.29) is 12.4 Å². The maximum atomic E-state index is 5.53. The van der Waals surface area contributed by atoms with E-state index in [2.05, 4.69) is 20.8 Å². The smallest absolute Gasteiger partial charge is 0.114 e. The van der Waals surface area contributed by atoms with Gasteiger partial charge in [0.15, 0.2) is 0 Å². The molecule has 0 aliphatic carbocycles. The van der Waals surface area contributed by atoms with Gasteiger partial charge in [-0.15, -0.1) is 0 Å². The lowest BCUT2D eigenvalue weighted by molar-refractivity contribution is -0.00000437. The van der Waals surface area contributed by atoms with Gasteiger partial charge in [0.05, 0.1) is 31.3 Å². The number of unbranched alkanes of at least 4 members (excludes halogenated alkanes) is 3. The highest BCUT2D eigenvalue weighted by atomic mass is 35.5. The number of hydrogen-bond acceptors (Lipinski definition) is 1. The summed E-state index contributed by atoms with van der Waals surface area (Å²) in [7, 11) is -0.664. The molecule has 1 heterocycles. The SMILES string of the molecule is CCCC[P+](CCCC)(CCCC)CC1CO1.[Cl-]. The molecule has 0 bridgehead atoms. The quantitative estimate of drug-likeness (QED) is 0.418. The first-order valence-electron chi connectivity index (χ1n) is 7.73. The first-order chi connectivity index (χ1) is 8.26. The molecule has 0 radical (unpaired) electrons. The fourth-order valence-corrected chi connectivity index (χ4v) is 7.95. The molecule has 0 saturated carbocycles. The lowest BCUT2D eigenvalue weighted by Crippen LogP contribution is -3.00. The minimum Gasteiger partial charge on any atom is -1.00 e. The van der Waals surface area contributed by atoms with Crippen LogP contribution in [0.15, 0.2) is 0 Å². The van der Waals surface area contributed by atoms with Gasteiger partial charge in [-0.1, -0.05) is 40.0 Å². The Labute approximate surface area is 121 Å². The van der Waals surface area contributed by atoms with Crippen LogP contribution in [-0.2, 0) is 4.74 Å². The van der Waals surface area contributed by atoms with Crippen LogP contribution in [0.5, 0.6) is 0 Å². The van der Waals surface area contributed by atoms with Crippen molar-refractivity contribution in [2.75, 3.05) is 31.3 Å². The van der Waals surface area contributed by atoms with Crippen molar-refractivity contribution < 1.29 is 17.1 Å². The molecule has 1 nitrogen and oxygen atoms in total. The van der Waals surface area contributed by atoms with E-state index in [0.717, 1.165) is 6.61 Å². The van der Waals surface area contributed by atoms with E-state index in [1.54, 1.807) is 18.5 Å². The van der Waals surface area contributed by atoms with Gasteiger partial charge in [-0.25, -0.2) is 0 Å². The highest BCUT2D eigenvalue weighted by molar-refractivity contribution is 7.75. The van der Waals surface area contributed by atoms with Gasteiger partial charge in [-0.05, 0) is 19.3 Å². The Bertz CT molecular complexity index is 173. The number of ether oxygens (including phenoxy) is 1. The average molecular weight is 295 g/mol. The first-order valence-corrected chi connectivity index (χ1v) is 10.3. The van der Waals surface area contributed by atoms with Crippen LogP contribution in [0, 0.1) is 0 Å².